The summed E-state index contributed by atoms with van der Waals surface area (Å²) in [7, 11) is -5.37. The van der Waals surface area contributed by atoms with Crippen LogP contribution in [-0.4, -0.2) is 59.3 Å². The van der Waals surface area contributed by atoms with Gasteiger partial charge in [-0.3, -0.25) is 0 Å². The highest BCUT2D eigenvalue weighted by Crippen LogP contribution is 2.38. The van der Waals surface area contributed by atoms with E-state index in [2.05, 4.69) is 59.6 Å². The van der Waals surface area contributed by atoms with Gasteiger partial charge in [0.15, 0.2) is 9.84 Å². The Bertz CT molecular complexity index is 5780. The second kappa shape index (κ2) is 63.7. The SMILES string of the molecule is CC(C)Cc1cc(Cl)ccc1NCc1ccc(P(C)(C)=O)cc1.CC(C)Cc1cc(F)ccc1OCc1ccc(S(C)(=O)=O)cc1.[2H]C([2H])(c1cc(Cl)ccc1NCC1CCCCC1)C(C)C.[2H]C([2H])(c1cc(Cl)ccc1NCC1CCCCC1)C(C)C.[2H]C([2H])(c1cc(Cl)ccc1NCC1CCCCC1)C(C)C.[2H]C([2H])(c1cc(Cl)ccc1NCC1CCCCC1)C(C)C.[2H]C([2H])(c1cc(Cl)ccc1NCc1ccc(C(C)(C)O)cc1)C(C)C. The number of halogens is 7. The van der Waals surface area contributed by atoms with Crippen molar-refractivity contribution in [2.24, 2.45) is 65.1 Å². The smallest absolute Gasteiger partial charge is 0.175 e. The third-order valence-corrected chi connectivity index (χ3v) is 29.7. The minimum Gasteiger partial charge on any atom is -0.489 e. The van der Waals surface area contributed by atoms with Crippen LogP contribution in [0.3, 0.4) is 0 Å². The molecule has 4 aliphatic carbocycles. The van der Waals surface area contributed by atoms with Crippen LogP contribution in [0.5, 0.6) is 5.75 Å². The molecule has 0 unspecified atom stereocenters. The maximum absolute atomic E-state index is 13.4. The van der Waals surface area contributed by atoms with E-state index in [-0.39, 0.29) is 40.3 Å². The topological polar surface area (TPSA) is 153 Å². The molecule has 10 aromatic rings. The molecule has 0 atom stereocenters. The molecule has 0 aromatic heterocycles. The third kappa shape index (κ3) is 48.2. The zero-order valence-corrected chi connectivity index (χ0v) is 96.2. The molecule has 0 spiro atoms. The number of benzene rings is 10. The molecule has 7 N–H and O–H groups in total. The summed E-state index contributed by atoms with van der Waals surface area (Å²) >= 11 is 36.5. The highest BCUT2D eigenvalue weighted by atomic mass is 35.5. The molecule has 20 heteroatoms. The number of sulfone groups is 1. The molecular formula is C125H176Cl6FN6O5PS. The van der Waals surface area contributed by atoms with Crippen molar-refractivity contribution in [3.05, 3.63) is 297 Å². The summed E-state index contributed by atoms with van der Waals surface area (Å²) in [6.07, 6.45) is 22.3. The molecule has 4 aliphatic rings. The highest BCUT2D eigenvalue weighted by molar-refractivity contribution is 7.90. The summed E-state index contributed by atoms with van der Waals surface area (Å²) in [5.41, 5.74) is 13.9. The zero-order valence-electron chi connectivity index (χ0n) is 100.0. The van der Waals surface area contributed by atoms with E-state index >= 15 is 0 Å². The lowest BCUT2D eigenvalue weighted by atomic mass is 9.89. The molecule has 11 nitrogen and oxygen atoms in total. The Morgan fingerprint density at radius 2 is 0.628 bits per heavy atom. The lowest BCUT2D eigenvalue weighted by Gasteiger charge is -2.23. The van der Waals surface area contributed by atoms with E-state index in [0.29, 0.717) is 107 Å². The Hall–Kier alpha value is -7.39. The average molecular weight is 2150 g/mol. The van der Waals surface area contributed by atoms with E-state index in [4.69, 9.17) is 88.1 Å². The van der Waals surface area contributed by atoms with Gasteiger partial charge in [0.2, 0.25) is 0 Å². The van der Waals surface area contributed by atoms with E-state index in [0.717, 1.165) is 112 Å². The Balaban J connectivity index is 0.000000220. The van der Waals surface area contributed by atoms with Gasteiger partial charge < -0.3 is 46.3 Å². The van der Waals surface area contributed by atoms with Crippen LogP contribution in [0, 0.1) is 70.9 Å². The highest BCUT2D eigenvalue weighted by Gasteiger charge is 2.23. The maximum atomic E-state index is 13.4. The minimum absolute atomic E-state index is 0.0915. The van der Waals surface area contributed by atoms with Crippen molar-refractivity contribution in [1.82, 2.24) is 0 Å². The Morgan fingerprint density at radius 1 is 0.359 bits per heavy atom. The third-order valence-electron chi connectivity index (χ3n) is 25.6. The molecule has 4 saturated carbocycles. The fraction of sp³-hybridized carbons (Fsp3) is 0.520. The van der Waals surface area contributed by atoms with Gasteiger partial charge in [-0.2, -0.15) is 0 Å². The lowest BCUT2D eigenvalue weighted by Crippen LogP contribution is -2.18. The van der Waals surface area contributed by atoms with Crippen LogP contribution in [0.1, 0.15) is 314 Å². The van der Waals surface area contributed by atoms with Gasteiger partial charge in [0.25, 0.3) is 0 Å². The van der Waals surface area contributed by atoms with Crippen molar-refractivity contribution in [2.45, 2.75) is 314 Å². The van der Waals surface area contributed by atoms with E-state index in [1.54, 1.807) is 93.9 Å². The summed E-state index contributed by atoms with van der Waals surface area (Å²) in [6, 6.07) is 60.2. The molecule has 145 heavy (non-hydrogen) atoms. The molecule has 796 valence electrons. The van der Waals surface area contributed by atoms with Crippen molar-refractivity contribution in [1.29, 1.82) is 0 Å². The number of anilines is 6. The average Bonchev–Trinajstić information content (AvgIpc) is 0.810. The number of hydrogen-bond acceptors (Lipinski definition) is 11. The second-order valence-electron chi connectivity index (χ2n) is 42.9. The van der Waals surface area contributed by atoms with E-state index in [1.165, 1.54) is 158 Å². The summed E-state index contributed by atoms with van der Waals surface area (Å²) in [5, 5.41) is 35.3. The van der Waals surface area contributed by atoms with Crippen molar-refractivity contribution in [2.75, 3.05) is 77.7 Å². The number of hydrogen-bond donors (Lipinski definition) is 7. The Kier molecular flexibility index (Phi) is 47.2. The van der Waals surface area contributed by atoms with Crippen LogP contribution < -0.4 is 41.9 Å². The molecule has 4 fully saturated rings. The van der Waals surface area contributed by atoms with Crippen LogP contribution in [-0.2, 0) is 84.4 Å². The van der Waals surface area contributed by atoms with E-state index < -0.39 is 54.4 Å². The first-order chi connectivity index (χ1) is 72.7. The number of rotatable bonds is 38. The predicted octanol–water partition coefficient (Wildman–Crippen LogP) is 36.9. The maximum Gasteiger partial charge on any atom is 0.175 e. The number of nitrogens with one attached hydrogen (secondary N) is 6. The molecule has 10 aromatic carbocycles. The zero-order chi connectivity index (χ0) is 115. The summed E-state index contributed by atoms with van der Waals surface area (Å²) < 4.78 is 138. The molecule has 0 saturated heterocycles. The van der Waals surface area contributed by atoms with Gasteiger partial charge in [0.1, 0.15) is 25.3 Å². The normalized spacial score (nSPS) is 15.9. The largest absolute Gasteiger partial charge is 0.489 e. The van der Waals surface area contributed by atoms with Crippen molar-refractivity contribution in [3.63, 3.8) is 0 Å². The van der Waals surface area contributed by atoms with Crippen molar-refractivity contribution >= 4 is 126 Å². The van der Waals surface area contributed by atoms with Gasteiger partial charge in [0.05, 0.1) is 10.5 Å². The summed E-state index contributed by atoms with van der Waals surface area (Å²) in [4.78, 5) is 0.281. The van der Waals surface area contributed by atoms with Gasteiger partial charge in [0, 0.05) is 129 Å². The van der Waals surface area contributed by atoms with E-state index in [1.807, 2.05) is 191 Å². The molecule has 0 bridgehead atoms. The van der Waals surface area contributed by atoms with Gasteiger partial charge in [-0.25, -0.2) is 12.8 Å². The second-order valence-corrected chi connectivity index (χ2v) is 50.8. The van der Waals surface area contributed by atoms with Crippen LogP contribution >= 0.6 is 76.7 Å². The van der Waals surface area contributed by atoms with Crippen LogP contribution in [0.25, 0.3) is 0 Å². The first kappa shape index (κ1) is 107. The fourth-order valence-corrected chi connectivity index (χ4v) is 20.7. The Labute approximate surface area is 920 Å². The van der Waals surface area contributed by atoms with Gasteiger partial charge in [-0.05, 0) is 389 Å². The quantitative estimate of drug-likeness (QED) is 0.0185. The van der Waals surface area contributed by atoms with Gasteiger partial charge >= 0.3 is 0 Å². The summed E-state index contributed by atoms with van der Waals surface area (Å²) in [5.74, 6) is 3.69. The Morgan fingerprint density at radius 3 is 0.903 bits per heavy atom. The lowest BCUT2D eigenvalue weighted by molar-refractivity contribution is 0.0786. The van der Waals surface area contributed by atoms with Gasteiger partial charge in [-0.15, -0.1) is 0 Å². The standard InChI is InChI=1S/C20H26ClNO.C19H25ClNOP.C18H21FO3S.4C17H26ClN/c1-14(2)11-16-12-18(21)9-10-19(16)22-13-15-5-7-17(8-6-15)20(3,4)23;1-14(2)11-16-12-17(20)7-10-19(16)21-13-15-5-8-18(9-6-15)23(3,4)22;1-13(2)10-15-11-16(19)6-9-18(15)22-12-14-4-7-17(8-5-14)23(3,20)21;4*1-13(2)10-15-11-16(18)8-9-17(15)19-12-14-6-4-3-5-7-14/h5-10,12,14,22-23H,11,13H2,1-4H3;5-10,12,14,21H,11,13H2,1-4H3;4-9,11,13H,10,12H2,1-3H3;4*8-9,11,13-14,19H,3-7,10,12H2,1-2H3/i11D2;;;4*10D2. The molecule has 0 heterocycles. The molecule has 14 rings (SSSR count). The first-order valence-corrected chi connectivity index (χ1v) is 59.8. The van der Waals surface area contributed by atoms with E-state index in [9.17, 15) is 22.5 Å². The van der Waals surface area contributed by atoms with Crippen LogP contribution in [0.4, 0.5) is 38.5 Å². The predicted molar refractivity (Wildman–Crippen MR) is 631 cm³/mol. The molecular weight excluding hydrogens is 1960 g/mol. The minimum atomic E-state index is -3.19. The first-order valence-electron chi connectivity index (χ1n) is 58.0. The fourth-order valence-electron chi connectivity index (χ4n) is 18.1. The van der Waals surface area contributed by atoms with Crippen LogP contribution in [0.2, 0.25) is 30.1 Å². The monoisotopic (exact) mass is 2140 g/mol. The van der Waals surface area contributed by atoms with Crippen molar-refractivity contribution < 1.29 is 40.9 Å². The van der Waals surface area contributed by atoms with Crippen molar-refractivity contribution in [3.8, 4) is 5.75 Å². The molecule has 0 radical (unpaired) electrons. The van der Waals surface area contributed by atoms with Crippen LogP contribution in [0.15, 0.2) is 205 Å². The molecule has 0 amide bonds. The van der Waals surface area contributed by atoms with Gasteiger partial charge in [-0.1, -0.05) is 304 Å². The number of ether oxygens (including phenoxy) is 1. The summed E-state index contributed by atoms with van der Waals surface area (Å²) in [6.45, 7) is 40.0. The molecule has 0 aliphatic heterocycles. The number of aliphatic hydroxyl groups is 1.